The molecule has 11 nitrogen and oxygen atoms in total. The summed E-state index contributed by atoms with van der Waals surface area (Å²) in [5.41, 5.74) is 0. The van der Waals surface area contributed by atoms with Gasteiger partial charge in [0.2, 0.25) is 5.91 Å². The number of hydrogen-bond acceptors (Lipinski definition) is 10. The van der Waals surface area contributed by atoms with E-state index in [4.69, 9.17) is 14.2 Å². The van der Waals surface area contributed by atoms with Gasteiger partial charge in [0.15, 0.2) is 6.29 Å². The molecule has 1 amide bonds. The van der Waals surface area contributed by atoms with E-state index in [0.717, 1.165) is 83.5 Å². The van der Waals surface area contributed by atoms with Crippen molar-refractivity contribution >= 4 is 11.9 Å². The number of aliphatic hydroxyl groups is 5. The number of esters is 1. The first-order valence-electron chi connectivity index (χ1n) is 32.8. The van der Waals surface area contributed by atoms with Crippen molar-refractivity contribution in [3.8, 4) is 0 Å². The minimum Gasteiger partial charge on any atom is -0.466 e. The van der Waals surface area contributed by atoms with Crippen LogP contribution in [-0.4, -0.2) is 100 Å². The quantitative estimate of drug-likeness (QED) is 0.0195. The van der Waals surface area contributed by atoms with Gasteiger partial charge in [0.1, 0.15) is 24.4 Å². The second-order valence-corrected chi connectivity index (χ2v) is 22.8. The van der Waals surface area contributed by atoms with E-state index >= 15 is 0 Å². The predicted molar refractivity (Wildman–Crippen MR) is 320 cm³/mol. The second-order valence-electron chi connectivity index (χ2n) is 22.8. The molecular weight excluding hydrogens is 967 g/mol. The Morgan fingerprint density at radius 1 is 0.481 bits per heavy atom. The van der Waals surface area contributed by atoms with Gasteiger partial charge in [0.05, 0.1) is 32.0 Å². The summed E-state index contributed by atoms with van der Waals surface area (Å²) in [7, 11) is 0. The molecule has 1 fully saturated rings. The van der Waals surface area contributed by atoms with Crippen molar-refractivity contribution < 1.29 is 49.3 Å². The van der Waals surface area contributed by atoms with Gasteiger partial charge in [0.25, 0.3) is 0 Å². The number of aliphatic hydroxyl groups excluding tert-OH is 5. The van der Waals surface area contributed by atoms with Crippen LogP contribution in [0.5, 0.6) is 0 Å². The predicted octanol–water partition coefficient (Wildman–Crippen LogP) is 15.8. The summed E-state index contributed by atoms with van der Waals surface area (Å²) in [6, 6.07) is -0.816. The number of allylic oxidation sites excluding steroid dienone is 5. The molecule has 1 aliphatic rings. The summed E-state index contributed by atoms with van der Waals surface area (Å²) in [6.07, 6.45) is 59.8. The lowest BCUT2D eigenvalue weighted by molar-refractivity contribution is -0.302. The van der Waals surface area contributed by atoms with Crippen molar-refractivity contribution in [3.05, 3.63) is 36.5 Å². The van der Waals surface area contributed by atoms with Crippen LogP contribution in [0.3, 0.4) is 0 Å². The van der Waals surface area contributed by atoms with Crippen molar-refractivity contribution in [1.82, 2.24) is 5.32 Å². The molecule has 0 radical (unpaired) electrons. The van der Waals surface area contributed by atoms with Crippen LogP contribution in [0.1, 0.15) is 309 Å². The number of ether oxygens (including phenoxy) is 3. The summed E-state index contributed by atoms with van der Waals surface area (Å²) in [4.78, 5) is 25.1. The molecule has 452 valence electrons. The normalized spacial score (nSPS) is 18.8. The van der Waals surface area contributed by atoms with Gasteiger partial charge < -0.3 is 45.1 Å². The van der Waals surface area contributed by atoms with Gasteiger partial charge in [0, 0.05) is 12.8 Å². The smallest absolute Gasteiger partial charge is 0.305 e. The molecular formula is C66H123NO10. The van der Waals surface area contributed by atoms with Gasteiger partial charge in [-0.15, -0.1) is 0 Å². The van der Waals surface area contributed by atoms with Crippen LogP contribution in [0.4, 0.5) is 0 Å². The molecule has 0 aromatic carbocycles. The minimum atomic E-state index is -1.57. The number of nitrogens with one attached hydrogen (secondary N) is 1. The van der Waals surface area contributed by atoms with Gasteiger partial charge >= 0.3 is 5.97 Å². The van der Waals surface area contributed by atoms with Crippen LogP contribution in [-0.2, 0) is 23.8 Å². The first-order valence-corrected chi connectivity index (χ1v) is 32.8. The number of hydrogen-bond donors (Lipinski definition) is 6. The monoisotopic (exact) mass is 1090 g/mol. The number of unbranched alkanes of at least 4 members (excludes halogenated alkanes) is 39. The topological polar surface area (TPSA) is 175 Å². The largest absolute Gasteiger partial charge is 0.466 e. The SMILES string of the molecule is CCCCCCCCC/C=C/C(O)C(COC1OC(CO)C(O)C(O)C1O)NC(=O)CCCCCCCCC/C=C\C/C=C\CCCCCCCCCCCOC(=O)CCCCCCCCCCCCCCCCCCC. The Bertz CT molecular complexity index is 1370. The number of carbonyl (C=O) groups excluding carboxylic acids is 2. The first kappa shape index (κ1) is 72.9. The Hall–Kier alpha value is -2.12. The van der Waals surface area contributed by atoms with E-state index in [1.165, 1.54) is 199 Å². The number of amides is 1. The maximum atomic E-state index is 13.0. The Labute approximate surface area is 473 Å². The molecule has 0 aromatic heterocycles. The average Bonchev–Trinajstić information content (AvgIpc) is 3.43. The summed E-state index contributed by atoms with van der Waals surface area (Å²) in [5, 5.41) is 54.2. The Morgan fingerprint density at radius 2 is 0.870 bits per heavy atom. The van der Waals surface area contributed by atoms with Crippen LogP contribution >= 0.6 is 0 Å². The molecule has 0 bridgehead atoms. The second kappa shape index (κ2) is 55.8. The molecule has 0 aliphatic carbocycles. The molecule has 1 aliphatic heterocycles. The molecule has 0 spiro atoms. The molecule has 77 heavy (non-hydrogen) atoms. The highest BCUT2D eigenvalue weighted by atomic mass is 16.7. The van der Waals surface area contributed by atoms with E-state index in [-0.39, 0.29) is 18.5 Å². The summed E-state index contributed by atoms with van der Waals surface area (Å²) in [5.74, 6) is -0.195. The standard InChI is InChI=1S/C66H123NO10/c1-3-5-7-9-11-13-14-15-16-24-28-31-34-38-42-46-50-54-62(71)75-55-51-47-43-39-35-32-29-26-23-21-19-17-18-20-22-25-27-30-33-37-41-45-49-53-61(70)67-58(59(69)52-48-44-40-36-12-10-8-6-4-2)57-76-66-65(74)64(73)63(72)60(56-68)77-66/h17,19-20,22,48,52,58-60,63-66,68-69,72-74H,3-16,18,21,23-47,49-51,53-57H2,1-2H3,(H,67,70)/b19-17-,22-20-,52-48+. The van der Waals surface area contributed by atoms with Crippen molar-refractivity contribution in [2.45, 2.75) is 352 Å². The van der Waals surface area contributed by atoms with Gasteiger partial charge in [-0.25, -0.2) is 0 Å². The first-order chi connectivity index (χ1) is 37.7. The van der Waals surface area contributed by atoms with Crippen molar-refractivity contribution in [1.29, 1.82) is 0 Å². The molecule has 11 heteroatoms. The molecule has 1 saturated heterocycles. The average molecular weight is 1090 g/mol. The van der Waals surface area contributed by atoms with Crippen LogP contribution in [0, 0.1) is 0 Å². The van der Waals surface area contributed by atoms with Gasteiger partial charge in [-0.3, -0.25) is 9.59 Å². The lowest BCUT2D eigenvalue weighted by Gasteiger charge is -2.40. The van der Waals surface area contributed by atoms with Gasteiger partial charge in [-0.05, 0) is 64.2 Å². The fourth-order valence-electron chi connectivity index (χ4n) is 10.3. The fraction of sp³-hybridized carbons (Fsp3) is 0.879. The van der Waals surface area contributed by atoms with E-state index in [1.807, 2.05) is 6.08 Å². The highest BCUT2D eigenvalue weighted by Gasteiger charge is 2.44. The van der Waals surface area contributed by atoms with E-state index in [2.05, 4.69) is 43.5 Å². The molecule has 7 atom stereocenters. The van der Waals surface area contributed by atoms with E-state index < -0.39 is 49.5 Å². The molecule has 1 heterocycles. The van der Waals surface area contributed by atoms with Crippen molar-refractivity contribution in [2.24, 2.45) is 0 Å². The third-order valence-electron chi connectivity index (χ3n) is 15.5. The van der Waals surface area contributed by atoms with Crippen LogP contribution in [0.2, 0.25) is 0 Å². The third kappa shape index (κ3) is 45.2. The summed E-state index contributed by atoms with van der Waals surface area (Å²) < 4.78 is 16.7. The van der Waals surface area contributed by atoms with Gasteiger partial charge in [-0.1, -0.05) is 269 Å². The highest BCUT2D eigenvalue weighted by Crippen LogP contribution is 2.23. The summed E-state index contributed by atoms with van der Waals surface area (Å²) >= 11 is 0. The number of rotatable bonds is 57. The van der Waals surface area contributed by atoms with Crippen LogP contribution in [0.25, 0.3) is 0 Å². The van der Waals surface area contributed by atoms with E-state index in [0.29, 0.717) is 19.4 Å². The minimum absolute atomic E-state index is 0.000772. The highest BCUT2D eigenvalue weighted by molar-refractivity contribution is 5.76. The zero-order valence-corrected chi connectivity index (χ0v) is 49.9. The Kier molecular flexibility index (Phi) is 52.8. The molecule has 0 saturated carbocycles. The van der Waals surface area contributed by atoms with Crippen molar-refractivity contribution in [3.63, 3.8) is 0 Å². The summed E-state index contributed by atoms with van der Waals surface area (Å²) in [6.45, 7) is 4.32. The zero-order chi connectivity index (χ0) is 55.9. The Morgan fingerprint density at radius 3 is 1.31 bits per heavy atom. The molecule has 7 unspecified atom stereocenters. The lowest BCUT2D eigenvalue weighted by Crippen LogP contribution is -2.60. The lowest BCUT2D eigenvalue weighted by atomic mass is 9.99. The van der Waals surface area contributed by atoms with Crippen LogP contribution < -0.4 is 5.32 Å². The fourth-order valence-corrected chi connectivity index (χ4v) is 10.3. The number of carbonyl (C=O) groups is 2. The zero-order valence-electron chi connectivity index (χ0n) is 49.9. The van der Waals surface area contributed by atoms with Crippen LogP contribution in [0.15, 0.2) is 36.5 Å². The molecule has 6 N–H and O–H groups in total. The molecule has 0 aromatic rings. The van der Waals surface area contributed by atoms with Crippen molar-refractivity contribution in [2.75, 3.05) is 19.8 Å². The maximum Gasteiger partial charge on any atom is 0.305 e. The van der Waals surface area contributed by atoms with E-state index in [9.17, 15) is 35.1 Å². The molecule has 1 rings (SSSR count). The van der Waals surface area contributed by atoms with Gasteiger partial charge in [-0.2, -0.15) is 0 Å². The van der Waals surface area contributed by atoms with E-state index in [1.54, 1.807) is 6.08 Å². The maximum absolute atomic E-state index is 13.0. The Balaban J connectivity index is 1.98. The third-order valence-corrected chi connectivity index (χ3v) is 15.5.